The van der Waals surface area contributed by atoms with Crippen LogP contribution in [-0.2, 0) is 20.8 Å². The second-order valence-electron chi connectivity index (χ2n) is 8.76. The third-order valence-corrected chi connectivity index (χ3v) is 6.54. The van der Waals surface area contributed by atoms with E-state index >= 15 is 0 Å². The number of rotatable bonds is 11. The molecular weight excluding hydrogens is 436 g/mol. The Morgan fingerprint density at radius 3 is 2.68 bits per heavy atom. The van der Waals surface area contributed by atoms with Crippen LogP contribution in [0.15, 0.2) is 42.5 Å². The van der Waals surface area contributed by atoms with Gasteiger partial charge in [-0.15, -0.1) is 0 Å². The molecule has 8 heteroatoms. The first kappa shape index (κ1) is 24.3. The quantitative estimate of drug-likeness (QED) is 0.500. The Bertz CT molecular complexity index is 968. The van der Waals surface area contributed by atoms with Crippen LogP contribution in [0.3, 0.4) is 0 Å². The molecule has 0 saturated carbocycles. The molecule has 34 heavy (non-hydrogen) atoms. The van der Waals surface area contributed by atoms with Crippen molar-refractivity contribution in [3.8, 4) is 17.2 Å². The molecule has 1 fully saturated rings. The summed E-state index contributed by atoms with van der Waals surface area (Å²) in [6, 6.07) is 14.3. The molecule has 4 rings (SSSR count). The molecule has 0 radical (unpaired) electrons. The molecule has 2 aliphatic rings. The lowest BCUT2D eigenvalue weighted by molar-refractivity contribution is -0.136. The monoisotopic (exact) mass is 470 g/mol. The van der Waals surface area contributed by atoms with Crippen LogP contribution >= 0.6 is 0 Å². The van der Waals surface area contributed by atoms with E-state index in [1.165, 1.54) is 11.1 Å². The molecule has 0 bridgehead atoms. The van der Waals surface area contributed by atoms with Gasteiger partial charge in [0.2, 0.25) is 12.7 Å². The van der Waals surface area contributed by atoms with Gasteiger partial charge in [-0.2, -0.15) is 0 Å². The largest absolute Gasteiger partial charge is 0.496 e. The fourth-order valence-corrected chi connectivity index (χ4v) is 4.91. The Labute approximate surface area is 201 Å². The maximum absolute atomic E-state index is 12.8. The van der Waals surface area contributed by atoms with Crippen molar-refractivity contribution in [2.75, 3.05) is 67.5 Å². The van der Waals surface area contributed by atoms with Crippen LogP contribution in [0, 0.1) is 5.92 Å². The summed E-state index contributed by atoms with van der Waals surface area (Å²) in [5.74, 6) is 2.92. The SMILES string of the molecule is COCCN(C[C@H]1CN(Cc2ccc3c(c2)OCO3)C[C@@H]1c1ccccc1OC)C(=O)COC. The zero-order valence-corrected chi connectivity index (χ0v) is 20.2. The Morgan fingerprint density at radius 1 is 1.06 bits per heavy atom. The van der Waals surface area contributed by atoms with E-state index in [-0.39, 0.29) is 31.1 Å². The van der Waals surface area contributed by atoms with Gasteiger partial charge >= 0.3 is 0 Å². The number of likely N-dealkylation sites (tertiary alicyclic amines) is 1. The minimum atomic E-state index is -0.0208. The summed E-state index contributed by atoms with van der Waals surface area (Å²) in [6.45, 7) is 4.52. The topological polar surface area (TPSA) is 69.7 Å². The molecule has 2 aromatic carbocycles. The molecule has 184 valence electrons. The van der Waals surface area contributed by atoms with Gasteiger partial charge in [-0.1, -0.05) is 24.3 Å². The van der Waals surface area contributed by atoms with E-state index in [2.05, 4.69) is 23.1 Å². The van der Waals surface area contributed by atoms with Gasteiger partial charge in [-0.05, 0) is 35.2 Å². The smallest absolute Gasteiger partial charge is 0.248 e. The summed E-state index contributed by atoms with van der Waals surface area (Å²) < 4.78 is 27.1. The number of hydrogen-bond acceptors (Lipinski definition) is 7. The molecule has 2 atom stereocenters. The number of ether oxygens (including phenoxy) is 5. The van der Waals surface area contributed by atoms with Crippen molar-refractivity contribution in [2.24, 2.45) is 5.92 Å². The van der Waals surface area contributed by atoms with Crippen molar-refractivity contribution in [3.63, 3.8) is 0 Å². The number of benzene rings is 2. The number of carbonyl (C=O) groups is 1. The fourth-order valence-electron chi connectivity index (χ4n) is 4.91. The molecule has 0 unspecified atom stereocenters. The molecule has 2 aliphatic heterocycles. The number of para-hydroxylation sites is 1. The predicted octanol–water partition coefficient (Wildman–Crippen LogP) is 2.76. The van der Waals surface area contributed by atoms with Gasteiger partial charge in [0.05, 0.1) is 13.7 Å². The summed E-state index contributed by atoms with van der Waals surface area (Å²) in [6.07, 6.45) is 0. The van der Waals surface area contributed by atoms with Gasteiger partial charge in [-0.3, -0.25) is 9.69 Å². The van der Waals surface area contributed by atoms with Crippen LogP contribution < -0.4 is 14.2 Å². The second kappa shape index (κ2) is 11.6. The fraction of sp³-hybridized carbons (Fsp3) is 0.500. The first-order chi connectivity index (χ1) is 16.6. The van der Waals surface area contributed by atoms with E-state index in [1.807, 2.05) is 29.2 Å². The lowest BCUT2D eigenvalue weighted by Gasteiger charge is -2.29. The highest BCUT2D eigenvalue weighted by molar-refractivity contribution is 5.77. The van der Waals surface area contributed by atoms with Crippen LogP contribution in [-0.4, -0.2) is 83.2 Å². The zero-order valence-electron chi connectivity index (χ0n) is 20.2. The molecular formula is C26H34N2O6. The van der Waals surface area contributed by atoms with Gasteiger partial charge in [0.1, 0.15) is 12.4 Å². The van der Waals surface area contributed by atoms with E-state index in [1.54, 1.807) is 21.3 Å². The normalized spacial score (nSPS) is 19.4. The molecule has 8 nitrogen and oxygen atoms in total. The molecule has 0 aromatic heterocycles. The third kappa shape index (κ3) is 5.63. The van der Waals surface area contributed by atoms with Gasteiger partial charge in [-0.25, -0.2) is 0 Å². The number of amides is 1. The number of fused-ring (bicyclic) bond motifs is 1. The van der Waals surface area contributed by atoms with Crippen molar-refractivity contribution in [3.05, 3.63) is 53.6 Å². The Hall–Kier alpha value is -2.81. The van der Waals surface area contributed by atoms with E-state index in [9.17, 15) is 4.79 Å². The summed E-state index contributed by atoms with van der Waals surface area (Å²) in [4.78, 5) is 17.1. The maximum Gasteiger partial charge on any atom is 0.248 e. The molecule has 2 aromatic rings. The van der Waals surface area contributed by atoms with Gasteiger partial charge in [0.15, 0.2) is 11.5 Å². The van der Waals surface area contributed by atoms with Gasteiger partial charge in [0, 0.05) is 52.9 Å². The van der Waals surface area contributed by atoms with Crippen LogP contribution in [0.4, 0.5) is 0 Å². The van der Waals surface area contributed by atoms with Crippen molar-refractivity contribution in [1.29, 1.82) is 0 Å². The summed E-state index contributed by atoms with van der Waals surface area (Å²) >= 11 is 0. The van der Waals surface area contributed by atoms with Crippen LogP contribution in [0.5, 0.6) is 17.2 Å². The molecule has 1 amide bonds. The van der Waals surface area contributed by atoms with Crippen LogP contribution in [0.25, 0.3) is 0 Å². The Balaban J connectivity index is 1.55. The van der Waals surface area contributed by atoms with Crippen molar-refractivity contribution < 1.29 is 28.5 Å². The van der Waals surface area contributed by atoms with Crippen molar-refractivity contribution >= 4 is 5.91 Å². The number of hydrogen-bond donors (Lipinski definition) is 0. The minimum Gasteiger partial charge on any atom is -0.496 e. The van der Waals surface area contributed by atoms with Gasteiger partial charge < -0.3 is 28.6 Å². The zero-order chi connectivity index (χ0) is 23.9. The first-order valence-corrected chi connectivity index (χ1v) is 11.6. The molecule has 1 saturated heterocycles. The van der Waals surface area contributed by atoms with E-state index in [0.717, 1.165) is 36.9 Å². The number of nitrogens with zero attached hydrogens (tertiary/aromatic N) is 2. The molecule has 0 N–H and O–H groups in total. The lowest BCUT2D eigenvalue weighted by Crippen LogP contribution is -2.41. The van der Waals surface area contributed by atoms with E-state index < -0.39 is 0 Å². The van der Waals surface area contributed by atoms with Crippen LogP contribution in [0.2, 0.25) is 0 Å². The molecule has 0 spiro atoms. The Kier molecular flexibility index (Phi) is 8.26. The van der Waals surface area contributed by atoms with Gasteiger partial charge in [0.25, 0.3) is 0 Å². The highest BCUT2D eigenvalue weighted by Crippen LogP contribution is 2.39. The van der Waals surface area contributed by atoms with Crippen LogP contribution in [0.1, 0.15) is 17.0 Å². The Morgan fingerprint density at radius 2 is 1.88 bits per heavy atom. The summed E-state index contributed by atoms with van der Waals surface area (Å²) in [5, 5.41) is 0. The molecule has 2 heterocycles. The highest BCUT2D eigenvalue weighted by Gasteiger charge is 2.37. The standard InChI is InChI=1S/C26H34N2O6/c1-30-11-10-28(26(29)17-31-2)15-20-14-27(13-19-8-9-24-25(12-19)34-18-33-24)16-22(20)21-6-4-5-7-23(21)32-3/h4-9,12,20,22H,10-11,13-18H2,1-3H3/t20-,22+/m1/s1. The van der Waals surface area contributed by atoms with E-state index in [4.69, 9.17) is 23.7 Å². The highest BCUT2D eigenvalue weighted by atomic mass is 16.7. The third-order valence-electron chi connectivity index (χ3n) is 6.54. The van der Waals surface area contributed by atoms with E-state index in [0.29, 0.717) is 19.7 Å². The second-order valence-corrected chi connectivity index (χ2v) is 8.76. The number of methoxy groups -OCH3 is 3. The number of carbonyl (C=O) groups excluding carboxylic acids is 1. The summed E-state index contributed by atoms with van der Waals surface area (Å²) in [5.41, 5.74) is 2.35. The average Bonchev–Trinajstić information content (AvgIpc) is 3.48. The lowest BCUT2D eigenvalue weighted by atomic mass is 9.88. The van der Waals surface area contributed by atoms with Crippen molar-refractivity contribution in [2.45, 2.75) is 12.5 Å². The van der Waals surface area contributed by atoms with Crippen molar-refractivity contribution in [1.82, 2.24) is 9.80 Å². The maximum atomic E-state index is 12.8. The summed E-state index contributed by atoms with van der Waals surface area (Å²) in [7, 11) is 4.91. The molecule has 0 aliphatic carbocycles. The average molecular weight is 471 g/mol. The minimum absolute atomic E-state index is 0.0208. The first-order valence-electron chi connectivity index (χ1n) is 11.6. The predicted molar refractivity (Wildman–Crippen MR) is 127 cm³/mol.